The van der Waals surface area contributed by atoms with E-state index in [4.69, 9.17) is 5.26 Å². The number of rotatable bonds is 3. The van der Waals surface area contributed by atoms with E-state index in [1.165, 1.54) is 31.6 Å². The van der Waals surface area contributed by atoms with Gasteiger partial charge in [0.15, 0.2) is 0 Å². The Hall–Kier alpha value is -1.37. The molecule has 3 heteroatoms. The highest BCUT2D eigenvalue weighted by atomic mass is 15.2. The second-order valence-electron chi connectivity index (χ2n) is 5.80. The summed E-state index contributed by atoms with van der Waals surface area (Å²) in [6.45, 7) is 6.84. The summed E-state index contributed by atoms with van der Waals surface area (Å²) in [7, 11) is 0. The maximum Gasteiger partial charge on any atom is 0.0991 e. The fraction of sp³-hybridized carbons (Fsp3) is 0.562. The summed E-state index contributed by atoms with van der Waals surface area (Å²) in [5, 5.41) is 12.5. The van der Waals surface area contributed by atoms with Crippen molar-refractivity contribution in [1.29, 1.82) is 5.26 Å². The van der Waals surface area contributed by atoms with Crippen molar-refractivity contribution in [1.82, 2.24) is 10.2 Å². The molecule has 100 valence electrons. The number of nitriles is 1. The lowest BCUT2D eigenvalue weighted by Gasteiger charge is -2.26. The molecule has 0 aliphatic carbocycles. The third-order valence-corrected chi connectivity index (χ3v) is 4.68. The zero-order chi connectivity index (χ0) is 13.2. The summed E-state index contributed by atoms with van der Waals surface area (Å²) in [4.78, 5) is 2.62. The Morgan fingerprint density at radius 3 is 3.11 bits per heavy atom. The molecular weight excluding hydrogens is 234 g/mol. The van der Waals surface area contributed by atoms with E-state index in [1.54, 1.807) is 0 Å². The van der Waals surface area contributed by atoms with Crippen LogP contribution in [0, 0.1) is 23.2 Å². The van der Waals surface area contributed by atoms with Gasteiger partial charge in [-0.05, 0) is 49.0 Å². The van der Waals surface area contributed by atoms with Crippen LogP contribution in [0.4, 0.5) is 0 Å². The van der Waals surface area contributed by atoms with Gasteiger partial charge in [-0.15, -0.1) is 0 Å². The van der Waals surface area contributed by atoms with Crippen molar-refractivity contribution < 1.29 is 0 Å². The molecule has 19 heavy (non-hydrogen) atoms. The van der Waals surface area contributed by atoms with Crippen molar-refractivity contribution in [3.05, 3.63) is 35.4 Å². The summed E-state index contributed by atoms with van der Waals surface area (Å²) < 4.78 is 0. The molecule has 2 heterocycles. The van der Waals surface area contributed by atoms with Gasteiger partial charge in [0.05, 0.1) is 11.6 Å². The molecule has 3 atom stereocenters. The predicted molar refractivity (Wildman–Crippen MR) is 75.5 cm³/mol. The minimum Gasteiger partial charge on any atom is -0.316 e. The van der Waals surface area contributed by atoms with Crippen LogP contribution in [0.3, 0.4) is 0 Å². The number of likely N-dealkylation sites (tertiary alicyclic amines) is 1. The zero-order valence-corrected chi connectivity index (χ0v) is 11.5. The van der Waals surface area contributed by atoms with Crippen LogP contribution in [0.5, 0.6) is 0 Å². The Morgan fingerprint density at radius 2 is 2.32 bits per heavy atom. The van der Waals surface area contributed by atoms with Crippen LogP contribution in [0.1, 0.15) is 24.5 Å². The fourth-order valence-electron chi connectivity index (χ4n) is 3.83. The van der Waals surface area contributed by atoms with E-state index in [9.17, 15) is 0 Å². The van der Waals surface area contributed by atoms with Gasteiger partial charge >= 0.3 is 0 Å². The quantitative estimate of drug-likeness (QED) is 0.897. The summed E-state index contributed by atoms with van der Waals surface area (Å²) >= 11 is 0. The molecule has 1 aromatic rings. The fourth-order valence-corrected chi connectivity index (χ4v) is 3.83. The maximum absolute atomic E-state index is 8.98. The van der Waals surface area contributed by atoms with Crippen LogP contribution in [0.25, 0.3) is 0 Å². The normalized spacial score (nSPS) is 30.2. The number of hydrogen-bond acceptors (Lipinski definition) is 3. The third-order valence-electron chi connectivity index (χ3n) is 4.68. The molecule has 2 saturated heterocycles. The molecule has 0 spiro atoms. The van der Waals surface area contributed by atoms with E-state index in [-0.39, 0.29) is 0 Å². The van der Waals surface area contributed by atoms with Crippen molar-refractivity contribution in [3.8, 4) is 6.07 Å². The van der Waals surface area contributed by atoms with Crippen LogP contribution in [0.2, 0.25) is 0 Å². The van der Waals surface area contributed by atoms with Gasteiger partial charge in [0.2, 0.25) is 0 Å². The minimum atomic E-state index is 0.700. The Labute approximate surface area is 115 Å². The first-order valence-corrected chi connectivity index (χ1v) is 7.25. The summed E-state index contributed by atoms with van der Waals surface area (Å²) in [5.41, 5.74) is 2.04. The smallest absolute Gasteiger partial charge is 0.0991 e. The average Bonchev–Trinajstić information content (AvgIpc) is 2.99. The highest BCUT2D eigenvalue weighted by Crippen LogP contribution is 2.35. The molecule has 1 aromatic carbocycles. The molecule has 0 amide bonds. The number of nitrogens with one attached hydrogen (secondary N) is 1. The predicted octanol–water partition coefficient (Wildman–Crippen LogP) is 1.99. The van der Waals surface area contributed by atoms with Gasteiger partial charge in [0, 0.05) is 19.1 Å². The Balaban J connectivity index is 1.74. The first-order valence-electron chi connectivity index (χ1n) is 7.25. The second-order valence-corrected chi connectivity index (χ2v) is 5.80. The van der Waals surface area contributed by atoms with E-state index in [1.807, 2.05) is 18.2 Å². The van der Waals surface area contributed by atoms with Crippen LogP contribution in [-0.4, -0.2) is 30.6 Å². The largest absolute Gasteiger partial charge is 0.316 e. The molecule has 0 bridgehead atoms. The first kappa shape index (κ1) is 12.7. The van der Waals surface area contributed by atoms with E-state index in [0.717, 1.165) is 23.9 Å². The van der Waals surface area contributed by atoms with Crippen molar-refractivity contribution >= 4 is 0 Å². The average molecular weight is 255 g/mol. The number of benzene rings is 1. The molecule has 2 aliphatic heterocycles. The van der Waals surface area contributed by atoms with Crippen molar-refractivity contribution in [3.63, 3.8) is 0 Å². The van der Waals surface area contributed by atoms with Crippen LogP contribution >= 0.6 is 0 Å². The molecule has 2 fully saturated rings. The number of hydrogen-bond donors (Lipinski definition) is 1. The van der Waals surface area contributed by atoms with E-state index in [2.05, 4.69) is 29.3 Å². The molecule has 3 nitrogen and oxygen atoms in total. The maximum atomic E-state index is 8.98. The number of nitrogens with zero attached hydrogens (tertiary/aromatic N) is 2. The molecule has 0 saturated carbocycles. The molecule has 3 rings (SSSR count). The standard InChI is InChI=1S/C16H21N3/c1-2-16-15-9-18-8-14(15)11-19(16)10-13-5-3-4-12(6-13)7-17/h3-6,14-16,18H,2,8-11H2,1H3. The zero-order valence-electron chi connectivity index (χ0n) is 11.5. The first-order chi connectivity index (χ1) is 9.31. The van der Waals surface area contributed by atoms with Crippen molar-refractivity contribution in [2.24, 2.45) is 11.8 Å². The number of fused-ring (bicyclic) bond motifs is 1. The summed E-state index contributed by atoms with van der Waals surface area (Å²) in [6.07, 6.45) is 1.22. The van der Waals surface area contributed by atoms with Gasteiger partial charge in [-0.25, -0.2) is 0 Å². The Kier molecular flexibility index (Phi) is 3.54. The molecule has 0 aromatic heterocycles. The van der Waals surface area contributed by atoms with Crippen molar-refractivity contribution in [2.45, 2.75) is 25.9 Å². The highest BCUT2D eigenvalue weighted by Gasteiger charge is 2.42. The topological polar surface area (TPSA) is 39.1 Å². The molecular formula is C16H21N3. The molecule has 1 N–H and O–H groups in total. The van der Waals surface area contributed by atoms with Crippen LogP contribution in [0.15, 0.2) is 24.3 Å². The summed E-state index contributed by atoms with van der Waals surface area (Å²) in [6, 6.07) is 11.0. The summed E-state index contributed by atoms with van der Waals surface area (Å²) in [5.74, 6) is 1.65. The van der Waals surface area contributed by atoms with Crippen LogP contribution in [-0.2, 0) is 6.54 Å². The monoisotopic (exact) mass is 255 g/mol. The van der Waals surface area contributed by atoms with Crippen molar-refractivity contribution in [2.75, 3.05) is 19.6 Å². The lowest BCUT2D eigenvalue weighted by atomic mass is 9.93. The Bertz CT molecular complexity index is 491. The highest BCUT2D eigenvalue weighted by molar-refractivity contribution is 5.32. The van der Waals surface area contributed by atoms with Gasteiger partial charge in [0.25, 0.3) is 0 Å². The van der Waals surface area contributed by atoms with Gasteiger partial charge in [0.1, 0.15) is 0 Å². The SMILES string of the molecule is CCC1C2CNCC2CN1Cc1cccc(C#N)c1. The third kappa shape index (κ3) is 2.39. The van der Waals surface area contributed by atoms with Gasteiger partial charge in [-0.1, -0.05) is 19.1 Å². The van der Waals surface area contributed by atoms with Crippen LogP contribution < -0.4 is 5.32 Å². The molecule has 0 radical (unpaired) electrons. The molecule has 3 unspecified atom stereocenters. The minimum absolute atomic E-state index is 0.700. The van der Waals surface area contributed by atoms with E-state index in [0.29, 0.717) is 6.04 Å². The lowest BCUT2D eigenvalue weighted by molar-refractivity contribution is 0.210. The van der Waals surface area contributed by atoms with E-state index >= 15 is 0 Å². The van der Waals surface area contributed by atoms with Gasteiger partial charge in [-0.3, -0.25) is 4.90 Å². The lowest BCUT2D eigenvalue weighted by Crippen LogP contribution is -2.34. The van der Waals surface area contributed by atoms with Gasteiger partial charge in [-0.2, -0.15) is 5.26 Å². The second kappa shape index (κ2) is 5.32. The molecule has 2 aliphatic rings. The van der Waals surface area contributed by atoms with Gasteiger partial charge < -0.3 is 5.32 Å². The van der Waals surface area contributed by atoms with E-state index < -0.39 is 0 Å². The Morgan fingerprint density at radius 1 is 1.42 bits per heavy atom.